The van der Waals surface area contributed by atoms with Gasteiger partial charge in [0.15, 0.2) is 0 Å². The van der Waals surface area contributed by atoms with Crippen LogP contribution < -0.4 is 11.1 Å². The first-order valence-electron chi connectivity index (χ1n) is 5.72. The fourth-order valence-corrected chi connectivity index (χ4v) is 2.25. The van der Waals surface area contributed by atoms with Crippen LogP contribution in [0.5, 0.6) is 0 Å². The number of hydrogen-bond donors (Lipinski definition) is 4. The molecule has 0 radical (unpaired) electrons. The van der Waals surface area contributed by atoms with Gasteiger partial charge in [-0.1, -0.05) is 6.92 Å². The van der Waals surface area contributed by atoms with Gasteiger partial charge in [-0.15, -0.1) is 11.8 Å². The Morgan fingerprint density at radius 3 is 2.88 bits per heavy atom. The standard InChI is InChI=1S/C12H20N2O2S/c1-2-17-12-7-9(13)3-4-11(12)14-6-5-10(16)8-15/h3-4,7,10,14-16H,2,5-6,8,13H2,1H3. The van der Waals surface area contributed by atoms with E-state index in [4.69, 9.17) is 10.8 Å². The minimum absolute atomic E-state index is 0.194. The number of anilines is 2. The molecule has 0 aliphatic heterocycles. The third kappa shape index (κ3) is 4.85. The van der Waals surface area contributed by atoms with Gasteiger partial charge >= 0.3 is 0 Å². The maximum atomic E-state index is 9.24. The predicted molar refractivity (Wildman–Crippen MR) is 73.5 cm³/mol. The van der Waals surface area contributed by atoms with Gasteiger partial charge in [0.2, 0.25) is 0 Å². The summed E-state index contributed by atoms with van der Waals surface area (Å²) in [5, 5.41) is 21.2. The lowest BCUT2D eigenvalue weighted by molar-refractivity contribution is 0.0911. The molecule has 0 aliphatic rings. The molecule has 0 aromatic heterocycles. The van der Waals surface area contributed by atoms with Gasteiger partial charge in [-0.25, -0.2) is 0 Å². The normalized spacial score (nSPS) is 12.4. The fraction of sp³-hybridized carbons (Fsp3) is 0.500. The Hall–Kier alpha value is -0.910. The highest BCUT2D eigenvalue weighted by atomic mass is 32.2. The van der Waals surface area contributed by atoms with Crippen LogP contribution in [0.15, 0.2) is 23.1 Å². The van der Waals surface area contributed by atoms with Crippen molar-refractivity contribution in [1.82, 2.24) is 0 Å². The number of rotatable bonds is 7. The molecule has 0 bridgehead atoms. The van der Waals surface area contributed by atoms with Crippen molar-refractivity contribution in [2.24, 2.45) is 0 Å². The van der Waals surface area contributed by atoms with Crippen molar-refractivity contribution in [3.05, 3.63) is 18.2 Å². The van der Waals surface area contributed by atoms with Gasteiger partial charge in [0.05, 0.1) is 12.7 Å². The molecule has 1 unspecified atom stereocenters. The van der Waals surface area contributed by atoms with Gasteiger partial charge in [0, 0.05) is 22.8 Å². The van der Waals surface area contributed by atoms with Gasteiger partial charge in [-0.2, -0.15) is 0 Å². The number of benzene rings is 1. The summed E-state index contributed by atoms with van der Waals surface area (Å²) < 4.78 is 0. The van der Waals surface area contributed by atoms with Crippen LogP contribution in [0.3, 0.4) is 0 Å². The lowest BCUT2D eigenvalue weighted by atomic mass is 10.2. The van der Waals surface area contributed by atoms with Crippen LogP contribution in [0.4, 0.5) is 11.4 Å². The van der Waals surface area contributed by atoms with Crippen molar-refractivity contribution < 1.29 is 10.2 Å². The summed E-state index contributed by atoms with van der Waals surface area (Å²) in [5.41, 5.74) is 7.52. The minimum atomic E-state index is -0.654. The van der Waals surface area contributed by atoms with Gasteiger partial charge < -0.3 is 21.3 Å². The van der Waals surface area contributed by atoms with Crippen LogP contribution in [-0.4, -0.2) is 35.2 Å². The Morgan fingerprint density at radius 2 is 2.24 bits per heavy atom. The molecule has 0 aliphatic carbocycles. The number of thioether (sulfide) groups is 1. The van der Waals surface area contributed by atoms with E-state index >= 15 is 0 Å². The van der Waals surface area contributed by atoms with E-state index in [9.17, 15) is 5.11 Å². The van der Waals surface area contributed by atoms with Crippen LogP contribution in [0.2, 0.25) is 0 Å². The van der Waals surface area contributed by atoms with Crippen LogP contribution in [0.25, 0.3) is 0 Å². The Morgan fingerprint density at radius 1 is 1.47 bits per heavy atom. The van der Waals surface area contributed by atoms with E-state index in [1.54, 1.807) is 11.8 Å². The monoisotopic (exact) mass is 256 g/mol. The Kier molecular flexibility index (Phi) is 6.18. The quantitative estimate of drug-likeness (QED) is 0.439. The number of nitrogens with one attached hydrogen (secondary N) is 1. The van der Waals surface area contributed by atoms with E-state index in [1.807, 2.05) is 18.2 Å². The van der Waals surface area contributed by atoms with E-state index in [0.717, 1.165) is 22.0 Å². The average molecular weight is 256 g/mol. The first kappa shape index (κ1) is 14.2. The van der Waals surface area contributed by atoms with E-state index in [1.165, 1.54) is 0 Å². The summed E-state index contributed by atoms with van der Waals surface area (Å²) in [7, 11) is 0. The lowest BCUT2D eigenvalue weighted by Crippen LogP contribution is -2.17. The SMILES string of the molecule is CCSc1cc(N)ccc1NCCC(O)CO. The zero-order valence-electron chi connectivity index (χ0n) is 10.0. The second-order valence-electron chi connectivity index (χ2n) is 3.74. The number of aliphatic hydroxyl groups is 2. The van der Waals surface area contributed by atoms with Crippen LogP contribution >= 0.6 is 11.8 Å². The van der Waals surface area contributed by atoms with E-state index < -0.39 is 6.10 Å². The number of nitrogen functional groups attached to an aromatic ring is 1. The molecule has 4 nitrogen and oxygen atoms in total. The molecule has 0 saturated heterocycles. The maximum Gasteiger partial charge on any atom is 0.0787 e. The molecule has 1 rings (SSSR count). The third-order valence-electron chi connectivity index (χ3n) is 2.31. The smallest absolute Gasteiger partial charge is 0.0787 e. The van der Waals surface area contributed by atoms with Crippen molar-refractivity contribution >= 4 is 23.1 Å². The van der Waals surface area contributed by atoms with Crippen molar-refractivity contribution in [3.63, 3.8) is 0 Å². The molecule has 0 heterocycles. The van der Waals surface area contributed by atoms with E-state index in [0.29, 0.717) is 13.0 Å². The van der Waals surface area contributed by atoms with Crippen molar-refractivity contribution in [3.8, 4) is 0 Å². The maximum absolute atomic E-state index is 9.24. The van der Waals surface area contributed by atoms with Crippen molar-refractivity contribution in [2.75, 3.05) is 30.0 Å². The zero-order chi connectivity index (χ0) is 12.7. The summed E-state index contributed by atoms with van der Waals surface area (Å²) in [6.07, 6.45) is -0.129. The topological polar surface area (TPSA) is 78.5 Å². The zero-order valence-corrected chi connectivity index (χ0v) is 10.8. The number of hydrogen-bond acceptors (Lipinski definition) is 5. The van der Waals surface area contributed by atoms with Gasteiger partial charge in [0.25, 0.3) is 0 Å². The first-order chi connectivity index (χ1) is 8.17. The van der Waals surface area contributed by atoms with E-state index in [2.05, 4.69) is 12.2 Å². The summed E-state index contributed by atoms with van der Waals surface area (Å²) in [5.74, 6) is 0.984. The molecule has 5 heteroatoms. The number of aliphatic hydroxyl groups excluding tert-OH is 2. The molecule has 1 aromatic carbocycles. The molecule has 0 spiro atoms. The molecule has 0 saturated carbocycles. The highest BCUT2D eigenvalue weighted by Gasteiger charge is 2.05. The molecular weight excluding hydrogens is 236 g/mol. The van der Waals surface area contributed by atoms with Gasteiger partial charge in [-0.3, -0.25) is 0 Å². The molecule has 17 heavy (non-hydrogen) atoms. The Labute approximate surface area is 106 Å². The van der Waals surface area contributed by atoms with Crippen molar-refractivity contribution in [2.45, 2.75) is 24.3 Å². The molecule has 5 N–H and O–H groups in total. The Balaban J connectivity index is 2.57. The van der Waals surface area contributed by atoms with Gasteiger partial charge in [0.1, 0.15) is 0 Å². The highest BCUT2D eigenvalue weighted by Crippen LogP contribution is 2.29. The highest BCUT2D eigenvalue weighted by molar-refractivity contribution is 7.99. The molecule has 1 aromatic rings. The average Bonchev–Trinajstić information content (AvgIpc) is 2.32. The minimum Gasteiger partial charge on any atom is -0.399 e. The molecule has 0 fully saturated rings. The lowest BCUT2D eigenvalue weighted by Gasteiger charge is -2.13. The second-order valence-corrected chi connectivity index (χ2v) is 5.05. The molecule has 1 atom stereocenters. The molecule has 0 amide bonds. The van der Waals surface area contributed by atoms with Crippen LogP contribution in [0.1, 0.15) is 13.3 Å². The fourth-order valence-electron chi connectivity index (χ4n) is 1.42. The van der Waals surface area contributed by atoms with Crippen molar-refractivity contribution in [1.29, 1.82) is 0 Å². The molecule has 96 valence electrons. The van der Waals surface area contributed by atoms with E-state index in [-0.39, 0.29) is 6.61 Å². The predicted octanol–water partition coefficient (Wildman–Crippen LogP) is 1.54. The molecular formula is C12H20N2O2S. The first-order valence-corrected chi connectivity index (χ1v) is 6.71. The third-order valence-corrected chi connectivity index (χ3v) is 3.25. The van der Waals surface area contributed by atoms with Crippen LogP contribution in [-0.2, 0) is 0 Å². The summed E-state index contributed by atoms with van der Waals surface area (Å²) in [6, 6.07) is 5.74. The Bertz CT molecular complexity index is 347. The number of nitrogens with two attached hydrogens (primary N) is 1. The van der Waals surface area contributed by atoms with Crippen LogP contribution in [0, 0.1) is 0 Å². The second kappa shape index (κ2) is 7.42. The summed E-state index contributed by atoms with van der Waals surface area (Å²) in [4.78, 5) is 1.12. The largest absolute Gasteiger partial charge is 0.399 e. The summed E-state index contributed by atoms with van der Waals surface area (Å²) >= 11 is 1.73. The van der Waals surface area contributed by atoms with Gasteiger partial charge in [-0.05, 0) is 30.4 Å². The summed E-state index contributed by atoms with van der Waals surface area (Å²) in [6.45, 7) is 2.52.